The summed E-state index contributed by atoms with van der Waals surface area (Å²) in [6.45, 7) is 4.77. The summed E-state index contributed by atoms with van der Waals surface area (Å²) >= 11 is 1.22. The minimum atomic E-state index is -0.703. The van der Waals surface area contributed by atoms with Crippen molar-refractivity contribution < 1.29 is 19.6 Å². The van der Waals surface area contributed by atoms with Crippen LogP contribution in [0.25, 0.3) is 6.08 Å². The third-order valence-electron chi connectivity index (χ3n) is 3.29. The second kappa shape index (κ2) is 7.35. The average Bonchev–Trinajstić information content (AvgIpc) is 2.84. The van der Waals surface area contributed by atoms with Gasteiger partial charge in [-0.25, -0.2) is 0 Å². The van der Waals surface area contributed by atoms with Gasteiger partial charge in [0.1, 0.15) is 0 Å². The Bertz CT molecular complexity index is 745. The number of amidine groups is 1. The number of aliphatic imine (C=N–C) groups is 1. The molecule has 9 heteroatoms. The number of hydrogen-bond donors (Lipinski definition) is 1. The number of phenolic OH excluding ortho intramolecular Hbond substituents is 1. The molecular weight excluding hydrogens is 334 g/mol. The average molecular weight is 351 g/mol. The summed E-state index contributed by atoms with van der Waals surface area (Å²) < 4.78 is 4.96. The quantitative estimate of drug-likeness (QED) is 0.497. The van der Waals surface area contributed by atoms with Crippen LogP contribution in [0.5, 0.6) is 11.5 Å². The van der Waals surface area contributed by atoms with Crippen LogP contribution in [0.15, 0.2) is 22.0 Å². The Morgan fingerprint density at radius 1 is 1.46 bits per heavy atom. The molecule has 0 atom stereocenters. The third kappa shape index (κ3) is 3.35. The molecular formula is C15H17N3O5S. The number of hydrogen-bond acceptors (Lipinski definition) is 7. The van der Waals surface area contributed by atoms with Crippen molar-refractivity contribution in [2.45, 2.75) is 13.8 Å². The largest absolute Gasteiger partial charge is 0.500 e. The maximum absolute atomic E-state index is 12.4. The molecule has 1 aromatic rings. The van der Waals surface area contributed by atoms with Crippen LogP contribution in [0.2, 0.25) is 0 Å². The number of carbonyl (C=O) groups excluding carboxylic acids is 1. The first-order chi connectivity index (χ1) is 11.4. The number of aromatic hydroxyl groups is 1. The number of nitro benzene ring substituents is 1. The number of rotatable bonds is 5. The van der Waals surface area contributed by atoms with Crippen molar-refractivity contribution in [3.05, 3.63) is 32.7 Å². The maximum Gasteiger partial charge on any atom is 0.315 e. The van der Waals surface area contributed by atoms with E-state index in [1.54, 1.807) is 4.90 Å². The number of nitro groups is 1. The maximum atomic E-state index is 12.4. The highest BCUT2D eigenvalue weighted by Gasteiger charge is 2.32. The fourth-order valence-corrected chi connectivity index (χ4v) is 3.29. The van der Waals surface area contributed by atoms with Gasteiger partial charge in [-0.1, -0.05) is 0 Å². The van der Waals surface area contributed by atoms with Crippen LogP contribution >= 0.6 is 11.8 Å². The molecule has 1 aliphatic rings. The molecule has 1 heterocycles. The molecule has 0 spiro atoms. The van der Waals surface area contributed by atoms with Gasteiger partial charge in [0.25, 0.3) is 5.91 Å². The standard InChI is InChI=1S/C15H17N3O5S/c1-4-16-15-17(5-2)14(20)12(24-15)8-9-6-10(18(21)22)13(19)11(7-9)23-3/h6-8,19H,4-5H2,1-3H3/b12-8+,16-15?. The molecule has 0 aromatic heterocycles. The third-order valence-corrected chi connectivity index (χ3v) is 4.33. The Morgan fingerprint density at radius 2 is 2.17 bits per heavy atom. The van der Waals surface area contributed by atoms with Gasteiger partial charge in [0.2, 0.25) is 5.75 Å². The Hall–Kier alpha value is -2.55. The van der Waals surface area contributed by atoms with E-state index in [1.165, 1.54) is 37.1 Å². The van der Waals surface area contributed by atoms with E-state index in [2.05, 4.69) is 4.99 Å². The normalized spacial score (nSPS) is 17.8. The second-order valence-electron chi connectivity index (χ2n) is 4.76. The molecule has 8 nitrogen and oxygen atoms in total. The van der Waals surface area contributed by atoms with Crippen LogP contribution in [-0.2, 0) is 4.79 Å². The van der Waals surface area contributed by atoms with Crippen LogP contribution < -0.4 is 4.74 Å². The molecule has 0 bridgehead atoms. The van der Waals surface area contributed by atoms with Gasteiger partial charge in [0, 0.05) is 19.2 Å². The zero-order valence-electron chi connectivity index (χ0n) is 13.5. The van der Waals surface area contributed by atoms with Crippen molar-refractivity contribution >= 4 is 34.6 Å². The lowest BCUT2D eigenvalue weighted by Gasteiger charge is -2.11. The highest BCUT2D eigenvalue weighted by atomic mass is 32.2. The molecule has 128 valence electrons. The summed E-state index contributed by atoms with van der Waals surface area (Å²) in [7, 11) is 1.30. The van der Waals surface area contributed by atoms with Gasteiger partial charge in [0.15, 0.2) is 10.9 Å². The van der Waals surface area contributed by atoms with E-state index in [1.807, 2.05) is 13.8 Å². The molecule has 0 unspecified atom stereocenters. The lowest BCUT2D eigenvalue weighted by Crippen LogP contribution is -2.28. The molecule has 1 saturated heterocycles. The number of carbonyl (C=O) groups is 1. The van der Waals surface area contributed by atoms with E-state index in [-0.39, 0.29) is 11.7 Å². The van der Waals surface area contributed by atoms with E-state index < -0.39 is 16.4 Å². The number of ether oxygens (including phenoxy) is 1. The minimum Gasteiger partial charge on any atom is -0.500 e. The Kier molecular flexibility index (Phi) is 5.45. The van der Waals surface area contributed by atoms with Crippen molar-refractivity contribution in [2.75, 3.05) is 20.2 Å². The van der Waals surface area contributed by atoms with Crippen LogP contribution in [-0.4, -0.2) is 46.2 Å². The highest BCUT2D eigenvalue weighted by molar-refractivity contribution is 8.18. The summed E-state index contributed by atoms with van der Waals surface area (Å²) in [5.41, 5.74) is -0.0903. The summed E-state index contributed by atoms with van der Waals surface area (Å²) in [5, 5.41) is 21.5. The van der Waals surface area contributed by atoms with Gasteiger partial charge >= 0.3 is 5.69 Å². The van der Waals surface area contributed by atoms with Crippen molar-refractivity contribution in [3.63, 3.8) is 0 Å². The zero-order valence-corrected chi connectivity index (χ0v) is 14.3. The van der Waals surface area contributed by atoms with E-state index in [9.17, 15) is 20.0 Å². The summed E-state index contributed by atoms with van der Waals surface area (Å²) in [6, 6.07) is 2.64. The SMILES string of the molecule is CCN=C1S/C(=C/c2cc(OC)c(O)c([N+](=O)[O-])c2)C(=O)N1CC. The smallest absolute Gasteiger partial charge is 0.315 e. The van der Waals surface area contributed by atoms with E-state index >= 15 is 0 Å². The van der Waals surface area contributed by atoms with Gasteiger partial charge in [0.05, 0.1) is 16.9 Å². The predicted molar refractivity (Wildman–Crippen MR) is 92.2 cm³/mol. The summed E-state index contributed by atoms with van der Waals surface area (Å²) in [5.74, 6) is -0.774. The molecule has 1 N–H and O–H groups in total. The van der Waals surface area contributed by atoms with Crippen molar-refractivity contribution in [1.29, 1.82) is 0 Å². The number of methoxy groups -OCH3 is 1. The van der Waals surface area contributed by atoms with E-state index in [0.29, 0.717) is 28.7 Å². The van der Waals surface area contributed by atoms with E-state index in [0.717, 1.165) is 0 Å². The lowest BCUT2D eigenvalue weighted by molar-refractivity contribution is -0.386. The number of amides is 1. The zero-order chi connectivity index (χ0) is 17.9. The Morgan fingerprint density at radius 3 is 2.71 bits per heavy atom. The Balaban J connectivity index is 2.48. The molecule has 1 aromatic carbocycles. The second-order valence-corrected chi connectivity index (χ2v) is 5.77. The minimum absolute atomic E-state index is 0.0266. The lowest BCUT2D eigenvalue weighted by atomic mass is 10.1. The number of thioether (sulfide) groups is 1. The van der Waals surface area contributed by atoms with Gasteiger partial charge in [-0.05, 0) is 43.3 Å². The van der Waals surface area contributed by atoms with Gasteiger partial charge in [-0.15, -0.1) is 0 Å². The number of likely N-dealkylation sites (N-methyl/N-ethyl adjacent to an activating group) is 1. The molecule has 0 radical (unpaired) electrons. The van der Waals surface area contributed by atoms with Crippen LogP contribution in [0.4, 0.5) is 5.69 Å². The molecule has 1 aliphatic heterocycles. The molecule has 1 amide bonds. The van der Waals surface area contributed by atoms with Crippen molar-refractivity contribution in [1.82, 2.24) is 4.90 Å². The topological polar surface area (TPSA) is 105 Å². The van der Waals surface area contributed by atoms with Crippen molar-refractivity contribution in [2.24, 2.45) is 4.99 Å². The predicted octanol–water partition coefficient (Wildman–Crippen LogP) is 2.62. The highest BCUT2D eigenvalue weighted by Crippen LogP contribution is 2.39. The van der Waals surface area contributed by atoms with Crippen molar-refractivity contribution in [3.8, 4) is 11.5 Å². The molecule has 24 heavy (non-hydrogen) atoms. The number of benzene rings is 1. The van der Waals surface area contributed by atoms with Gasteiger partial charge in [-0.3, -0.25) is 24.8 Å². The van der Waals surface area contributed by atoms with Crippen LogP contribution in [0.1, 0.15) is 19.4 Å². The Labute approximate surface area is 143 Å². The molecule has 1 fully saturated rings. The summed E-state index contributed by atoms with van der Waals surface area (Å²) in [6.07, 6.45) is 1.53. The van der Waals surface area contributed by atoms with Crippen LogP contribution in [0.3, 0.4) is 0 Å². The fourth-order valence-electron chi connectivity index (χ4n) is 2.18. The van der Waals surface area contributed by atoms with E-state index in [4.69, 9.17) is 4.74 Å². The summed E-state index contributed by atoms with van der Waals surface area (Å²) in [4.78, 5) is 29.0. The first kappa shape index (κ1) is 17.8. The first-order valence-electron chi connectivity index (χ1n) is 7.24. The first-order valence-corrected chi connectivity index (χ1v) is 8.05. The molecule has 0 aliphatic carbocycles. The number of nitrogens with zero attached hydrogens (tertiary/aromatic N) is 3. The molecule has 0 saturated carbocycles. The van der Waals surface area contributed by atoms with Gasteiger partial charge < -0.3 is 9.84 Å². The van der Waals surface area contributed by atoms with Crippen LogP contribution in [0, 0.1) is 10.1 Å². The molecule has 2 rings (SSSR count). The van der Waals surface area contributed by atoms with Gasteiger partial charge in [-0.2, -0.15) is 0 Å². The monoisotopic (exact) mass is 351 g/mol. The fraction of sp³-hybridized carbons (Fsp3) is 0.333. The number of phenols is 1.